The average molecular weight is 508 g/mol. The van der Waals surface area contributed by atoms with Crippen LogP contribution in [0.5, 0.6) is 0 Å². The number of methoxy groups -OCH3 is 2. The lowest BCUT2D eigenvalue weighted by molar-refractivity contribution is -0.146. The van der Waals surface area contributed by atoms with E-state index < -0.39 is 23.4 Å². The van der Waals surface area contributed by atoms with Crippen LogP contribution in [0, 0.1) is 11.3 Å². The van der Waals surface area contributed by atoms with E-state index in [0.717, 1.165) is 12.8 Å². The molecule has 1 aliphatic heterocycles. The standard InChI is InChI=1S/C24H37N5O7/c1-24(2,3)22(34)29-23-27-19-15(20(32)28-23)12-14(13-25-19)8-6-7-9-17(30)26-16(21(33)36-5)10-11-18(31)35-4/h14,16H,6-13H2,1-5H3,(H,26,30)(H3,25,27,28,29,32,34)/t14?,16-/m1/s1. The molecule has 0 fully saturated rings. The van der Waals surface area contributed by atoms with Gasteiger partial charge in [0.05, 0.1) is 19.8 Å². The normalized spacial score (nSPS) is 15.6. The number of carbonyl (C=O) groups is 4. The van der Waals surface area contributed by atoms with Crippen LogP contribution >= 0.6 is 0 Å². The summed E-state index contributed by atoms with van der Waals surface area (Å²) in [5.41, 5.74) is -0.362. The molecule has 1 aromatic heterocycles. The Bertz CT molecular complexity index is 1020. The number of rotatable bonds is 11. The molecular weight excluding hydrogens is 470 g/mol. The molecule has 0 radical (unpaired) electrons. The van der Waals surface area contributed by atoms with Crippen LogP contribution in [0.1, 0.15) is 64.9 Å². The third-order valence-electron chi connectivity index (χ3n) is 5.93. The zero-order valence-electron chi connectivity index (χ0n) is 21.6. The molecule has 12 heteroatoms. The molecule has 2 rings (SSSR count). The lowest BCUT2D eigenvalue weighted by atomic mass is 9.91. The molecular formula is C24H37N5O7. The largest absolute Gasteiger partial charge is 0.469 e. The van der Waals surface area contributed by atoms with Crippen molar-refractivity contribution in [2.75, 3.05) is 31.4 Å². The van der Waals surface area contributed by atoms with Crippen LogP contribution in [0.4, 0.5) is 11.8 Å². The van der Waals surface area contributed by atoms with Gasteiger partial charge >= 0.3 is 11.9 Å². The smallest absolute Gasteiger partial charge is 0.328 e. The lowest BCUT2D eigenvalue weighted by Crippen LogP contribution is -2.41. The molecule has 1 aliphatic rings. The number of H-pyrrole nitrogens is 1. The number of fused-ring (bicyclic) bond motifs is 1. The van der Waals surface area contributed by atoms with Gasteiger partial charge in [0.25, 0.3) is 5.56 Å². The van der Waals surface area contributed by atoms with E-state index >= 15 is 0 Å². The van der Waals surface area contributed by atoms with Gasteiger partial charge in [-0.05, 0) is 31.6 Å². The Morgan fingerprint density at radius 2 is 1.83 bits per heavy atom. The van der Waals surface area contributed by atoms with Gasteiger partial charge in [-0.15, -0.1) is 0 Å². The number of nitrogens with zero attached hydrogens (tertiary/aromatic N) is 1. The Hall–Kier alpha value is -3.44. The number of unbranched alkanes of at least 4 members (excludes halogenated alkanes) is 1. The van der Waals surface area contributed by atoms with Crippen molar-refractivity contribution in [3.8, 4) is 0 Å². The quantitative estimate of drug-likeness (QED) is 0.256. The summed E-state index contributed by atoms with van der Waals surface area (Å²) in [6.45, 7) is 5.94. The number of aromatic nitrogens is 2. The minimum Gasteiger partial charge on any atom is -0.469 e. The molecule has 1 unspecified atom stereocenters. The minimum atomic E-state index is -0.905. The summed E-state index contributed by atoms with van der Waals surface area (Å²) >= 11 is 0. The molecule has 200 valence electrons. The highest BCUT2D eigenvalue weighted by molar-refractivity contribution is 5.93. The first-order valence-electron chi connectivity index (χ1n) is 12.1. The molecule has 0 saturated heterocycles. The summed E-state index contributed by atoms with van der Waals surface area (Å²) in [6.07, 6.45) is 3.01. The maximum Gasteiger partial charge on any atom is 0.328 e. The van der Waals surface area contributed by atoms with Gasteiger partial charge in [0, 0.05) is 24.8 Å². The van der Waals surface area contributed by atoms with Crippen molar-refractivity contribution in [3.05, 3.63) is 15.9 Å². The van der Waals surface area contributed by atoms with Crippen LogP contribution in [0.15, 0.2) is 4.79 Å². The minimum absolute atomic E-state index is 0.00879. The van der Waals surface area contributed by atoms with Crippen LogP contribution in [0.25, 0.3) is 0 Å². The Labute approximate surface area is 210 Å². The van der Waals surface area contributed by atoms with E-state index in [9.17, 15) is 24.0 Å². The predicted octanol–water partition coefficient (Wildman–Crippen LogP) is 1.51. The molecule has 2 heterocycles. The Morgan fingerprint density at radius 1 is 1.11 bits per heavy atom. The fraction of sp³-hybridized carbons (Fsp3) is 0.667. The SMILES string of the molecule is COC(=O)CC[C@@H](NC(=O)CCCCC1CNc2nc(NC(=O)C(C)(C)C)[nH]c(=O)c2C1)C(=O)OC. The summed E-state index contributed by atoms with van der Waals surface area (Å²) in [5, 5.41) is 8.44. The van der Waals surface area contributed by atoms with E-state index in [2.05, 4.69) is 30.7 Å². The fourth-order valence-corrected chi connectivity index (χ4v) is 3.73. The molecule has 12 nitrogen and oxygen atoms in total. The average Bonchev–Trinajstić information content (AvgIpc) is 2.83. The van der Waals surface area contributed by atoms with Gasteiger partial charge < -0.3 is 20.1 Å². The molecule has 1 aromatic rings. The van der Waals surface area contributed by atoms with E-state index in [0.29, 0.717) is 30.8 Å². The van der Waals surface area contributed by atoms with Crippen LogP contribution in [0.2, 0.25) is 0 Å². The van der Waals surface area contributed by atoms with Gasteiger partial charge in [0.15, 0.2) is 0 Å². The van der Waals surface area contributed by atoms with E-state index in [1.807, 2.05) is 0 Å². The summed E-state index contributed by atoms with van der Waals surface area (Å²) in [6, 6.07) is -0.905. The molecule has 2 atom stereocenters. The van der Waals surface area contributed by atoms with Crippen molar-refractivity contribution in [2.45, 2.75) is 71.8 Å². The molecule has 0 spiro atoms. The van der Waals surface area contributed by atoms with E-state index in [1.165, 1.54) is 14.2 Å². The number of carbonyl (C=O) groups excluding carboxylic acids is 4. The number of anilines is 2. The number of esters is 2. The van der Waals surface area contributed by atoms with Gasteiger partial charge in [-0.3, -0.25) is 29.5 Å². The van der Waals surface area contributed by atoms with Gasteiger partial charge in [-0.1, -0.05) is 27.2 Å². The third kappa shape index (κ3) is 8.65. The zero-order chi connectivity index (χ0) is 26.9. The first-order chi connectivity index (χ1) is 16.9. The Balaban J connectivity index is 1.81. The third-order valence-corrected chi connectivity index (χ3v) is 5.93. The molecule has 4 N–H and O–H groups in total. The maximum absolute atomic E-state index is 12.6. The number of amides is 2. The summed E-state index contributed by atoms with van der Waals surface area (Å²) in [7, 11) is 2.48. The van der Waals surface area contributed by atoms with E-state index in [4.69, 9.17) is 4.74 Å². The van der Waals surface area contributed by atoms with Gasteiger partial charge in [-0.25, -0.2) is 4.79 Å². The van der Waals surface area contributed by atoms with Crippen molar-refractivity contribution in [1.82, 2.24) is 15.3 Å². The van der Waals surface area contributed by atoms with Crippen LogP contribution in [-0.4, -0.2) is 60.5 Å². The van der Waals surface area contributed by atoms with E-state index in [1.54, 1.807) is 20.8 Å². The summed E-state index contributed by atoms with van der Waals surface area (Å²) in [5.74, 6) is -0.842. The highest BCUT2D eigenvalue weighted by atomic mass is 16.5. The van der Waals surface area contributed by atoms with E-state index in [-0.39, 0.29) is 48.5 Å². The number of hydrogen-bond donors (Lipinski definition) is 4. The molecule has 0 bridgehead atoms. The van der Waals surface area contributed by atoms with Crippen molar-refractivity contribution >= 4 is 35.5 Å². The summed E-state index contributed by atoms with van der Waals surface area (Å²) in [4.78, 5) is 67.2. The molecule has 0 aliphatic carbocycles. The second-order valence-corrected chi connectivity index (χ2v) is 9.90. The van der Waals surface area contributed by atoms with Crippen molar-refractivity contribution < 1.29 is 28.7 Å². The van der Waals surface area contributed by atoms with Crippen molar-refractivity contribution in [3.63, 3.8) is 0 Å². The highest BCUT2D eigenvalue weighted by Gasteiger charge is 2.26. The molecule has 2 amide bonds. The highest BCUT2D eigenvalue weighted by Crippen LogP contribution is 2.24. The zero-order valence-corrected chi connectivity index (χ0v) is 21.6. The van der Waals surface area contributed by atoms with Crippen LogP contribution < -0.4 is 21.5 Å². The predicted molar refractivity (Wildman–Crippen MR) is 132 cm³/mol. The monoisotopic (exact) mass is 507 g/mol. The van der Waals surface area contributed by atoms with Crippen LogP contribution in [-0.2, 0) is 35.1 Å². The number of nitrogens with one attached hydrogen (secondary N) is 4. The maximum atomic E-state index is 12.6. The lowest BCUT2D eigenvalue weighted by Gasteiger charge is -2.25. The van der Waals surface area contributed by atoms with Gasteiger partial charge in [0.2, 0.25) is 17.8 Å². The number of hydrogen-bond acceptors (Lipinski definition) is 9. The first-order valence-corrected chi connectivity index (χ1v) is 12.1. The summed E-state index contributed by atoms with van der Waals surface area (Å²) < 4.78 is 9.26. The van der Waals surface area contributed by atoms with Crippen molar-refractivity contribution in [2.24, 2.45) is 11.3 Å². The first kappa shape index (κ1) is 28.8. The van der Waals surface area contributed by atoms with Gasteiger partial charge in [0.1, 0.15) is 11.9 Å². The van der Waals surface area contributed by atoms with Crippen LogP contribution in [0.3, 0.4) is 0 Å². The fourth-order valence-electron chi connectivity index (χ4n) is 3.73. The second-order valence-electron chi connectivity index (χ2n) is 9.90. The van der Waals surface area contributed by atoms with Crippen molar-refractivity contribution in [1.29, 1.82) is 0 Å². The molecule has 0 aromatic carbocycles. The molecule has 0 saturated carbocycles. The number of ether oxygens (including phenoxy) is 2. The molecule has 36 heavy (non-hydrogen) atoms. The Kier molecular flexibility index (Phi) is 10.4. The topological polar surface area (TPSA) is 169 Å². The number of aromatic amines is 1. The Morgan fingerprint density at radius 3 is 2.47 bits per heavy atom. The second kappa shape index (κ2) is 13.0. The van der Waals surface area contributed by atoms with Gasteiger partial charge in [-0.2, -0.15) is 4.98 Å².